The second-order valence-electron chi connectivity index (χ2n) is 6.98. The minimum Gasteiger partial charge on any atom is -0.379 e. The number of ether oxygens (including phenoxy) is 1. The highest BCUT2D eigenvalue weighted by atomic mass is 16.6. The van der Waals surface area contributed by atoms with Crippen LogP contribution in [0.25, 0.3) is 0 Å². The first-order valence-corrected chi connectivity index (χ1v) is 9.27. The molecule has 2 aromatic rings. The minimum absolute atomic E-state index is 0.0489. The topological polar surface area (TPSA) is 103 Å². The Hall–Kier alpha value is -2.78. The molecule has 1 aliphatic heterocycles. The SMILES string of the molecule is Cc1nn(C(C)C(=O)Nc2cccc(CN3CCOCC3)c2)c(C)c1[N+](=O)[O-]. The summed E-state index contributed by atoms with van der Waals surface area (Å²) in [5, 5.41) is 18.3. The van der Waals surface area contributed by atoms with Crippen LogP contribution >= 0.6 is 0 Å². The Balaban J connectivity index is 1.70. The number of amides is 1. The summed E-state index contributed by atoms with van der Waals surface area (Å²) in [6.45, 7) is 8.91. The lowest BCUT2D eigenvalue weighted by atomic mass is 10.1. The van der Waals surface area contributed by atoms with E-state index in [9.17, 15) is 14.9 Å². The molecule has 0 aliphatic carbocycles. The molecule has 1 amide bonds. The summed E-state index contributed by atoms with van der Waals surface area (Å²) in [4.78, 5) is 25.7. The molecule has 1 aromatic carbocycles. The number of anilines is 1. The summed E-state index contributed by atoms with van der Waals surface area (Å²) in [5.41, 5.74) is 2.42. The first-order valence-electron chi connectivity index (χ1n) is 9.27. The van der Waals surface area contributed by atoms with Gasteiger partial charge in [-0.15, -0.1) is 0 Å². The summed E-state index contributed by atoms with van der Waals surface area (Å²) < 4.78 is 6.77. The summed E-state index contributed by atoms with van der Waals surface area (Å²) >= 11 is 0. The Labute approximate surface area is 163 Å². The van der Waals surface area contributed by atoms with Gasteiger partial charge >= 0.3 is 5.69 Å². The maximum absolute atomic E-state index is 12.7. The van der Waals surface area contributed by atoms with E-state index in [4.69, 9.17) is 4.74 Å². The third kappa shape index (κ3) is 4.37. The smallest absolute Gasteiger partial charge is 0.312 e. The molecule has 0 spiro atoms. The fourth-order valence-corrected chi connectivity index (χ4v) is 3.42. The van der Waals surface area contributed by atoms with Crippen molar-refractivity contribution < 1.29 is 14.5 Å². The largest absolute Gasteiger partial charge is 0.379 e. The molecule has 1 atom stereocenters. The number of morpholine rings is 1. The van der Waals surface area contributed by atoms with Gasteiger partial charge in [-0.1, -0.05) is 12.1 Å². The molecule has 150 valence electrons. The molecule has 1 aliphatic rings. The molecule has 1 fully saturated rings. The molecule has 9 heteroatoms. The Bertz CT molecular complexity index is 873. The van der Waals surface area contributed by atoms with Crippen molar-refractivity contribution >= 4 is 17.3 Å². The molecule has 0 radical (unpaired) electrons. The average Bonchev–Trinajstić information content (AvgIpc) is 2.96. The van der Waals surface area contributed by atoms with Crippen molar-refractivity contribution in [3.05, 3.63) is 51.3 Å². The third-order valence-corrected chi connectivity index (χ3v) is 4.92. The zero-order chi connectivity index (χ0) is 20.3. The van der Waals surface area contributed by atoms with E-state index in [2.05, 4.69) is 15.3 Å². The summed E-state index contributed by atoms with van der Waals surface area (Å²) in [7, 11) is 0. The van der Waals surface area contributed by atoms with Crippen LogP contribution in [0, 0.1) is 24.0 Å². The zero-order valence-corrected chi connectivity index (χ0v) is 16.3. The molecule has 0 bridgehead atoms. The number of nitro groups is 1. The number of rotatable bonds is 6. The predicted octanol–water partition coefficient (Wildman–Crippen LogP) is 2.44. The fraction of sp³-hybridized carbons (Fsp3) is 0.474. The Morgan fingerprint density at radius 1 is 1.36 bits per heavy atom. The molecule has 1 saturated heterocycles. The van der Waals surface area contributed by atoms with Crippen LogP contribution in [0.15, 0.2) is 24.3 Å². The van der Waals surface area contributed by atoms with E-state index in [1.807, 2.05) is 24.3 Å². The standard InChI is InChI=1S/C19H25N5O4/c1-13-18(24(26)27)14(2)23(21-13)15(3)19(25)20-17-6-4-5-16(11-17)12-22-7-9-28-10-8-22/h4-6,11,15H,7-10,12H2,1-3H3,(H,20,25). The van der Waals surface area contributed by atoms with Gasteiger partial charge in [-0.2, -0.15) is 5.10 Å². The van der Waals surface area contributed by atoms with E-state index < -0.39 is 11.0 Å². The third-order valence-electron chi connectivity index (χ3n) is 4.92. The number of hydrogen-bond acceptors (Lipinski definition) is 6. The van der Waals surface area contributed by atoms with Gasteiger partial charge in [0.2, 0.25) is 5.91 Å². The maximum Gasteiger partial charge on any atom is 0.312 e. The highest BCUT2D eigenvalue weighted by Gasteiger charge is 2.27. The monoisotopic (exact) mass is 387 g/mol. The normalized spacial score (nSPS) is 16.0. The Morgan fingerprint density at radius 2 is 2.07 bits per heavy atom. The summed E-state index contributed by atoms with van der Waals surface area (Å²) in [6, 6.07) is 7.04. The molecular weight excluding hydrogens is 362 g/mol. The second-order valence-corrected chi connectivity index (χ2v) is 6.98. The van der Waals surface area contributed by atoms with E-state index in [-0.39, 0.29) is 11.6 Å². The van der Waals surface area contributed by atoms with Gasteiger partial charge in [-0.3, -0.25) is 24.5 Å². The van der Waals surface area contributed by atoms with E-state index in [1.54, 1.807) is 20.8 Å². The molecule has 2 heterocycles. The first kappa shape index (κ1) is 20.0. The summed E-state index contributed by atoms with van der Waals surface area (Å²) in [5.74, 6) is -0.274. The van der Waals surface area contributed by atoms with Crippen LogP contribution in [0.2, 0.25) is 0 Å². The number of benzene rings is 1. The summed E-state index contributed by atoms with van der Waals surface area (Å²) in [6.07, 6.45) is 0. The van der Waals surface area contributed by atoms with Gasteiger partial charge in [-0.25, -0.2) is 0 Å². The van der Waals surface area contributed by atoms with Crippen LogP contribution in [0.5, 0.6) is 0 Å². The number of nitrogens with one attached hydrogen (secondary N) is 1. The molecular formula is C19H25N5O4. The van der Waals surface area contributed by atoms with Gasteiger partial charge in [0.1, 0.15) is 17.4 Å². The number of nitrogens with zero attached hydrogens (tertiary/aromatic N) is 4. The first-order chi connectivity index (χ1) is 13.4. The number of carbonyl (C=O) groups excluding carboxylic acids is 1. The highest BCUT2D eigenvalue weighted by molar-refractivity contribution is 5.93. The average molecular weight is 387 g/mol. The van der Waals surface area contributed by atoms with Crippen molar-refractivity contribution in [3.8, 4) is 0 Å². The van der Waals surface area contributed by atoms with Gasteiger partial charge in [0.15, 0.2) is 0 Å². The van der Waals surface area contributed by atoms with Crippen molar-refractivity contribution in [2.45, 2.75) is 33.4 Å². The molecule has 28 heavy (non-hydrogen) atoms. The quantitative estimate of drug-likeness (QED) is 0.603. The zero-order valence-electron chi connectivity index (χ0n) is 16.3. The van der Waals surface area contributed by atoms with E-state index >= 15 is 0 Å². The molecule has 0 saturated carbocycles. The van der Waals surface area contributed by atoms with Crippen molar-refractivity contribution in [1.82, 2.24) is 14.7 Å². The van der Waals surface area contributed by atoms with Gasteiger partial charge in [0, 0.05) is 25.3 Å². The predicted molar refractivity (Wildman–Crippen MR) is 104 cm³/mol. The highest BCUT2D eigenvalue weighted by Crippen LogP contribution is 2.25. The fourth-order valence-electron chi connectivity index (χ4n) is 3.42. The second kappa shape index (κ2) is 8.49. The van der Waals surface area contributed by atoms with Crippen LogP contribution in [0.1, 0.15) is 29.9 Å². The lowest BCUT2D eigenvalue weighted by molar-refractivity contribution is -0.386. The molecule has 1 unspecified atom stereocenters. The number of carbonyl (C=O) groups is 1. The Kier molecular flexibility index (Phi) is 6.05. The number of aromatic nitrogens is 2. The molecule has 9 nitrogen and oxygen atoms in total. The molecule has 1 aromatic heterocycles. The van der Waals surface area contributed by atoms with Crippen LogP contribution in [-0.2, 0) is 16.1 Å². The van der Waals surface area contributed by atoms with Crippen LogP contribution in [0.3, 0.4) is 0 Å². The van der Waals surface area contributed by atoms with E-state index in [0.29, 0.717) is 17.1 Å². The van der Waals surface area contributed by atoms with Crippen molar-refractivity contribution in [3.63, 3.8) is 0 Å². The van der Waals surface area contributed by atoms with Gasteiger partial charge in [-0.05, 0) is 38.5 Å². The number of aryl methyl sites for hydroxylation is 1. The van der Waals surface area contributed by atoms with Crippen LogP contribution in [-0.4, -0.2) is 51.8 Å². The van der Waals surface area contributed by atoms with Crippen molar-refractivity contribution in [2.75, 3.05) is 31.6 Å². The van der Waals surface area contributed by atoms with Gasteiger partial charge < -0.3 is 10.1 Å². The lowest BCUT2D eigenvalue weighted by Gasteiger charge is -2.26. The van der Waals surface area contributed by atoms with Crippen molar-refractivity contribution in [2.24, 2.45) is 0 Å². The van der Waals surface area contributed by atoms with Crippen LogP contribution < -0.4 is 5.32 Å². The van der Waals surface area contributed by atoms with Crippen LogP contribution in [0.4, 0.5) is 11.4 Å². The lowest BCUT2D eigenvalue weighted by Crippen LogP contribution is -2.35. The minimum atomic E-state index is -0.671. The van der Waals surface area contributed by atoms with Crippen molar-refractivity contribution in [1.29, 1.82) is 0 Å². The van der Waals surface area contributed by atoms with E-state index in [1.165, 1.54) is 4.68 Å². The van der Waals surface area contributed by atoms with E-state index in [0.717, 1.165) is 38.4 Å². The Morgan fingerprint density at radius 3 is 2.71 bits per heavy atom. The van der Waals surface area contributed by atoms with Gasteiger partial charge in [0.05, 0.1) is 18.1 Å². The molecule has 1 N–H and O–H groups in total. The number of hydrogen-bond donors (Lipinski definition) is 1. The molecule has 3 rings (SSSR count). The maximum atomic E-state index is 12.7. The van der Waals surface area contributed by atoms with Gasteiger partial charge in [0.25, 0.3) is 0 Å².